The van der Waals surface area contributed by atoms with Crippen molar-refractivity contribution in [2.45, 2.75) is 31.2 Å². The summed E-state index contributed by atoms with van der Waals surface area (Å²) >= 11 is 1.41. The quantitative estimate of drug-likeness (QED) is 0.569. The Hall–Kier alpha value is -2.35. The molecule has 3 rings (SSSR count). The third-order valence-corrected chi connectivity index (χ3v) is 4.04. The van der Waals surface area contributed by atoms with Gasteiger partial charge in [0.1, 0.15) is 0 Å². The Kier molecular flexibility index (Phi) is 4.10. The molecule has 22 heavy (non-hydrogen) atoms. The smallest absolute Gasteiger partial charge is 0.226 e. The summed E-state index contributed by atoms with van der Waals surface area (Å²) in [5.41, 5.74) is 2.11. The van der Waals surface area contributed by atoms with Gasteiger partial charge in [-0.2, -0.15) is 0 Å². The molecule has 2 N–H and O–H groups in total. The van der Waals surface area contributed by atoms with Crippen molar-refractivity contribution in [1.82, 2.24) is 25.1 Å². The number of rotatable bonds is 5. The van der Waals surface area contributed by atoms with Crippen LogP contribution in [0.25, 0.3) is 11.4 Å². The Labute approximate surface area is 131 Å². The minimum absolute atomic E-state index is 0.510. The number of hydrogen-bond acceptors (Lipinski definition) is 7. The van der Waals surface area contributed by atoms with Crippen LogP contribution in [0.3, 0.4) is 0 Å². The third kappa shape index (κ3) is 2.96. The topological polar surface area (TPSA) is 95.7 Å². The number of nitrogens with zero attached hydrogens (tertiary/aromatic N) is 5. The second-order valence-electron chi connectivity index (χ2n) is 4.77. The summed E-state index contributed by atoms with van der Waals surface area (Å²) in [5.74, 6) is 8.40. The Bertz CT molecular complexity index is 764. The first kappa shape index (κ1) is 14.6. The van der Waals surface area contributed by atoms with Crippen molar-refractivity contribution in [2.75, 3.05) is 5.84 Å². The maximum Gasteiger partial charge on any atom is 0.226 e. The molecule has 2 heterocycles. The van der Waals surface area contributed by atoms with Gasteiger partial charge in [0.15, 0.2) is 5.82 Å². The second-order valence-corrected chi connectivity index (χ2v) is 5.72. The molecule has 0 fully saturated rings. The van der Waals surface area contributed by atoms with E-state index in [0.717, 1.165) is 12.0 Å². The molecule has 0 bridgehead atoms. The van der Waals surface area contributed by atoms with Crippen LogP contribution < -0.4 is 5.84 Å². The van der Waals surface area contributed by atoms with Gasteiger partial charge in [0.25, 0.3) is 0 Å². The molecule has 0 spiro atoms. The molecule has 114 valence electrons. The maximum atomic E-state index is 6.07. The Morgan fingerprint density at radius 2 is 1.82 bits per heavy atom. The van der Waals surface area contributed by atoms with E-state index in [1.165, 1.54) is 22.0 Å². The highest BCUT2D eigenvalue weighted by molar-refractivity contribution is 7.98. The number of aryl methyl sites for hydroxylation is 2. The molecule has 8 heteroatoms. The van der Waals surface area contributed by atoms with Gasteiger partial charge in [-0.3, -0.25) is 0 Å². The molecule has 7 nitrogen and oxygen atoms in total. The van der Waals surface area contributed by atoms with Gasteiger partial charge in [0.05, 0.1) is 5.75 Å². The van der Waals surface area contributed by atoms with E-state index in [-0.39, 0.29) is 0 Å². The summed E-state index contributed by atoms with van der Waals surface area (Å²) in [5, 5.41) is 16.8. The number of benzene rings is 1. The maximum absolute atomic E-state index is 6.07. The van der Waals surface area contributed by atoms with Crippen LogP contribution in [0.1, 0.15) is 24.3 Å². The molecule has 0 saturated carbocycles. The highest BCUT2D eigenvalue weighted by atomic mass is 32.2. The van der Waals surface area contributed by atoms with Crippen LogP contribution in [0.15, 0.2) is 33.8 Å². The largest absolute Gasteiger partial charge is 0.424 e. The van der Waals surface area contributed by atoms with Crippen molar-refractivity contribution in [2.24, 2.45) is 0 Å². The van der Waals surface area contributed by atoms with E-state index >= 15 is 0 Å². The second kappa shape index (κ2) is 6.18. The minimum Gasteiger partial charge on any atom is -0.424 e. The molecule has 0 saturated heterocycles. The van der Waals surface area contributed by atoms with Crippen LogP contribution in [-0.2, 0) is 12.2 Å². The first-order valence-corrected chi connectivity index (χ1v) is 7.87. The Balaban J connectivity index is 1.74. The van der Waals surface area contributed by atoms with E-state index in [1.807, 2.05) is 38.1 Å². The van der Waals surface area contributed by atoms with Crippen LogP contribution in [0.2, 0.25) is 0 Å². The highest BCUT2D eigenvalue weighted by Crippen LogP contribution is 2.24. The molecule has 0 aliphatic carbocycles. The van der Waals surface area contributed by atoms with Crippen LogP contribution >= 0.6 is 11.8 Å². The summed E-state index contributed by atoms with van der Waals surface area (Å²) in [6, 6.07) is 7.98. The lowest BCUT2D eigenvalue weighted by Crippen LogP contribution is -2.11. The van der Waals surface area contributed by atoms with Crippen LogP contribution in [0, 0.1) is 6.92 Å². The summed E-state index contributed by atoms with van der Waals surface area (Å²) in [6.07, 6.45) is 0.725. The van der Waals surface area contributed by atoms with E-state index in [9.17, 15) is 0 Å². The predicted octanol–water partition coefficient (Wildman–Crippen LogP) is 2.21. The summed E-state index contributed by atoms with van der Waals surface area (Å²) in [6.45, 7) is 4.00. The zero-order valence-corrected chi connectivity index (χ0v) is 13.2. The van der Waals surface area contributed by atoms with Crippen molar-refractivity contribution in [1.29, 1.82) is 0 Å². The lowest BCUT2D eigenvalue weighted by molar-refractivity contribution is 0.469. The molecule has 0 amide bonds. The fraction of sp³-hybridized carbons (Fsp3) is 0.286. The molecule has 0 atom stereocenters. The van der Waals surface area contributed by atoms with Crippen molar-refractivity contribution in [3.05, 3.63) is 41.6 Å². The molecule has 1 aromatic carbocycles. The van der Waals surface area contributed by atoms with Gasteiger partial charge in [0.2, 0.25) is 16.9 Å². The highest BCUT2D eigenvalue weighted by Gasteiger charge is 2.13. The first-order chi connectivity index (χ1) is 10.7. The normalized spacial score (nSPS) is 11.0. The van der Waals surface area contributed by atoms with Crippen molar-refractivity contribution < 1.29 is 4.42 Å². The zero-order valence-electron chi connectivity index (χ0n) is 12.4. The summed E-state index contributed by atoms with van der Waals surface area (Å²) in [4.78, 5) is 0. The van der Waals surface area contributed by atoms with Crippen LogP contribution in [0.5, 0.6) is 0 Å². The van der Waals surface area contributed by atoms with Gasteiger partial charge >= 0.3 is 0 Å². The molecule has 0 unspecified atom stereocenters. The average Bonchev–Trinajstić information content (AvgIpc) is 3.13. The number of nitrogen functional groups attached to an aromatic ring is 1. The van der Waals surface area contributed by atoms with Gasteiger partial charge in [-0.05, 0) is 6.92 Å². The zero-order chi connectivity index (χ0) is 15.5. The van der Waals surface area contributed by atoms with Gasteiger partial charge in [-0.15, -0.1) is 20.4 Å². The van der Waals surface area contributed by atoms with E-state index in [0.29, 0.717) is 28.5 Å². The summed E-state index contributed by atoms with van der Waals surface area (Å²) in [7, 11) is 0. The minimum atomic E-state index is 0.510. The molecule has 0 aliphatic rings. The van der Waals surface area contributed by atoms with Crippen molar-refractivity contribution in [3.8, 4) is 11.4 Å². The Morgan fingerprint density at radius 1 is 1.09 bits per heavy atom. The molecule has 0 radical (unpaired) electrons. The molecule has 2 aromatic heterocycles. The van der Waals surface area contributed by atoms with Gasteiger partial charge in [-0.25, -0.2) is 4.68 Å². The fourth-order valence-corrected chi connectivity index (χ4v) is 2.58. The van der Waals surface area contributed by atoms with E-state index in [4.69, 9.17) is 10.3 Å². The van der Waals surface area contributed by atoms with E-state index in [2.05, 4.69) is 20.4 Å². The monoisotopic (exact) mass is 316 g/mol. The van der Waals surface area contributed by atoms with Crippen LogP contribution in [-0.4, -0.2) is 25.1 Å². The molecule has 0 aliphatic heterocycles. The first-order valence-electron chi connectivity index (χ1n) is 6.89. The van der Waals surface area contributed by atoms with Gasteiger partial charge in [0, 0.05) is 12.0 Å². The average molecular weight is 316 g/mol. The Morgan fingerprint density at radius 3 is 2.50 bits per heavy atom. The molecule has 3 aromatic rings. The van der Waals surface area contributed by atoms with Crippen molar-refractivity contribution >= 4 is 11.8 Å². The van der Waals surface area contributed by atoms with Gasteiger partial charge in [-0.1, -0.05) is 48.5 Å². The molecular weight excluding hydrogens is 300 g/mol. The lowest BCUT2D eigenvalue weighted by atomic mass is 10.1. The number of nitrogens with two attached hydrogens (primary N) is 1. The van der Waals surface area contributed by atoms with Crippen molar-refractivity contribution in [3.63, 3.8) is 0 Å². The standard InChI is InChI=1S/C14H16N6OS/c1-3-11-16-17-12(21-11)8-22-14-19-18-13(20(14)15)10-6-4-9(2)5-7-10/h4-7H,3,8,15H2,1-2H3. The number of hydrogen-bond donors (Lipinski definition) is 1. The van der Waals surface area contributed by atoms with Crippen LogP contribution in [0.4, 0.5) is 0 Å². The summed E-state index contributed by atoms with van der Waals surface area (Å²) < 4.78 is 6.94. The third-order valence-electron chi connectivity index (χ3n) is 3.11. The number of thioether (sulfide) groups is 1. The van der Waals surface area contributed by atoms with E-state index < -0.39 is 0 Å². The SMILES string of the molecule is CCc1nnc(CSc2nnc(-c3ccc(C)cc3)n2N)o1. The van der Waals surface area contributed by atoms with E-state index in [1.54, 1.807) is 0 Å². The fourth-order valence-electron chi connectivity index (χ4n) is 1.89. The lowest BCUT2D eigenvalue weighted by Gasteiger charge is -2.03. The molecular formula is C14H16N6OS. The van der Waals surface area contributed by atoms with Gasteiger partial charge < -0.3 is 10.3 Å². The number of aromatic nitrogens is 5. The predicted molar refractivity (Wildman–Crippen MR) is 83.6 cm³/mol.